The number of hydrogen-bond donors (Lipinski definition) is 10. The molecule has 0 aliphatic carbocycles. The Labute approximate surface area is 153 Å². The van der Waals surface area contributed by atoms with Gasteiger partial charge in [-0.25, -0.2) is 10.2 Å². The third kappa shape index (κ3) is 6.28. The lowest BCUT2D eigenvalue weighted by molar-refractivity contribution is -0.326. The minimum Gasteiger partial charge on any atom is -0.394 e. The third-order valence-electron chi connectivity index (χ3n) is 3.79. The second kappa shape index (κ2) is 10.8. The van der Waals surface area contributed by atoms with Crippen molar-refractivity contribution in [1.29, 1.82) is 0 Å². The molecular weight excluding hydrogens is 374 g/mol. The second-order valence-electron chi connectivity index (χ2n) is 5.78. The Hall–Kier alpha value is -1.46. The highest BCUT2D eigenvalue weighted by atomic mass is 16.7. The number of nitrogens with zero attached hydrogens (tertiary/aromatic N) is 1. The van der Waals surface area contributed by atoms with Crippen LogP contribution < -0.4 is 11.2 Å². The average Bonchev–Trinajstić information content (AvgIpc) is 2.64. The van der Waals surface area contributed by atoms with Crippen molar-refractivity contribution in [1.82, 2.24) is 5.43 Å². The minimum atomic E-state index is -1.95. The van der Waals surface area contributed by atoms with Gasteiger partial charge in [0.05, 0.1) is 19.4 Å². The molecular formula is C13H25N3O11. The van der Waals surface area contributed by atoms with E-state index in [1.165, 1.54) is 0 Å². The number of carbonyl (C=O) groups is 1. The van der Waals surface area contributed by atoms with Crippen molar-refractivity contribution in [2.24, 2.45) is 10.8 Å². The summed E-state index contributed by atoms with van der Waals surface area (Å²) in [5.41, 5.74) is 6.52. The maximum atomic E-state index is 10.5. The van der Waals surface area contributed by atoms with Crippen LogP contribution in [0.4, 0.5) is 4.79 Å². The molecule has 0 radical (unpaired) electrons. The topological polar surface area (TPSA) is 248 Å². The number of ether oxygens (including phenoxy) is 2. The number of carbonyl (C=O) groups excluding carboxylic acids is 1. The molecule has 1 rings (SSSR count). The molecule has 0 aromatic carbocycles. The molecule has 0 aromatic heterocycles. The van der Waals surface area contributed by atoms with Gasteiger partial charge in [-0.2, -0.15) is 5.10 Å². The van der Waals surface area contributed by atoms with Crippen LogP contribution in [0.3, 0.4) is 0 Å². The Balaban J connectivity index is 2.90. The fourth-order valence-electron chi connectivity index (χ4n) is 2.30. The molecule has 14 nitrogen and oxygen atoms in total. The van der Waals surface area contributed by atoms with Crippen LogP contribution in [0.15, 0.2) is 5.10 Å². The number of urea groups is 1. The van der Waals surface area contributed by atoms with Gasteiger partial charge in [-0.05, 0) is 0 Å². The highest BCUT2D eigenvalue weighted by molar-refractivity contribution is 5.73. The molecule has 9 atom stereocenters. The van der Waals surface area contributed by atoms with Crippen molar-refractivity contribution in [2.75, 3.05) is 13.2 Å². The Kier molecular flexibility index (Phi) is 9.40. The van der Waals surface area contributed by atoms with Crippen molar-refractivity contribution < 1.29 is 55.1 Å². The van der Waals surface area contributed by atoms with E-state index in [4.69, 9.17) is 25.4 Å². The van der Waals surface area contributed by atoms with Crippen LogP contribution in [-0.4, -0.2) is 121 Å². The molecule has 2 amide bonds. The SMILES string of the molecule is NC(=O)N/N=C/C(O)C(O)C(OC1OC(CO)C(O)C(O)C1O)C(O)CO. The summed E-state index contributed by atoms with van der Waals surface area (Å²) in [6.07, 6.45) is -15.0. The zero-order valence-corrected chi connectivity index (χ0v) is 14.0. The first kappa shape index (κ1) is 23.6. The monoisotopic (exact) mass is 399 g/mol. The van der Waals surface area contributed by atoms with Gasteiger partial charge in [-0.15, -0.1) is 0 Å². The van der Waals surface area contributed by atoms with E-state index < -0.39 is 74.4 Å². The van der Waals surface area contributed by atoms with Crippen molar-refractivity contribution >= 4 is 12.2 Å². The normalized spacial score (nSPS) is 33.4. The number of nitrogens with one attached hydrogen (secondary N) is 1. The van der Waals surface area contributed by atoms with Crippen LogP contribution in [0.5, 0.6) is 0 Å². The lowest BCUT2D eigenvalue weighted by Crippen LogP contribution is -2.61. The molecule has 1 fully saturated rings. The first-order chi connectivity index (χ1) is 12.6. The van der Waals surface area contributed by atoms with Crippen LogP contribution >= 0.6 is 0 Å². The summed E-state index contributed by atoms with van der Waals surface area (Å²) < 4.78 is 10.2. The highest BCUT2D eigenvalue weighted by Crippen LogP contribution is 2.24. The predicted molar refractivity (Wildman–Crippen MR) is 85.0 cm³/mol. The van der Waals surface area contributed by atoms with Gasteiger partial charge in [0.15, 0.2) is 6.29 Å². The van der Waals surface area contributed by atoms with Crippen molar-refractivity contribution in [3.05, 3.63) is 0 Å². The van der Waals surface area contributed by atoms with Crippen molar-refractivity contribution in [3.63, 3.8) is 0 Å². The Morgan fingerprint density at radius 1 is 1.19 bits per heavy atom. The van der Waals surface area contributed by atoms with Crippen LogP contribution in [0, 0.1) is 0 Å². The number of amides is 2. The first-order valence-electron chi connectivity index (χ1n) is 7.83. The van der Waals surface area contributed by atoms with E-state index >= 15 is 0 Å². The minimum absolute atomic E-state index is 0.656. The molecule has 1 saturated heterocycles. The molecule has 14 heteroatoms. The Morgan fingerprint density at radius 2 is 1.81 bits per heavy atom. The van der Waals surface area contributed by atoms with Gasteiger partial charge < -0.3 is 56.1 Å². The maximum absolute atomic E-state index is 10.5. The van der Waals surface area contributed by atoms with Gasteiger partial charge in [0, 0.05) is 0 Å². The summed E-state index contributed by atoms with van der Waals surface area (Å²) in [5, 5.41) is 80.6. The number of aliphatic hydroxyl groups is 8. The van der Waals surface area contributed by atoms with Gasteiger partial charge in [-0.1, -0.05) is 0 Å². The summed E-state index contributed by atoms with van der Waals surface area (Å²) >= 11 is 0. The van der Waals surface area contributed by atoms with E-state index in [2.05, 4.69) is 5.10 Å². The van der Waals surface area contributed by atoms with E-state index in [0.717, 1.165) is 0 Å². The smallest absolute Gasteiger partial charge is 0.332 e. The van der Waals surface area contributed by atoms with Crippen LogP contribution in [0.25, 0.3) is 0 Å². The number of nitrogens with two attached hydrogens (primary N) is 1. The molecule has 1 heterocycles. The van der Waals surface area contributed by atoms with E-state index in [-0.39, 0.29) is 0 Å². The lowest BCUT2D eigenvalue weighted by atomic mass is 9.98. The molecule has 158 valence electrons. The van der Waals surface area contributed by atoms with Crippen molar-refractivity contribution in [2.45, 2.75) is 55.1 Å². The van der Waals surface area contributed by atoms with Crippen molar-refractivity contribution in [3.8, 4) is 0 Å². The van der Waals surface area contributed by atoms with E-state index in [9.17, 15) is 35.4 Å². The van der Waals surface area contributed by atoms with E-state index in [1.807, 2.05) is 0 Å². The second-order valence-corrected chi connectivity index (χ2v) is 5.78. The summed E-state index contributed by atoms with van der Waals surface area (Å²) in [6, 6.07) is -1.04. The fourth-order valence-corrected chi connectivity index (χ4v) is 2.30. The molecule has 27 heavy (non-hydrogen) atoms. The van der Waals surface area contributed by atoms with Crippen LogP contribution in [-0.2, 0) is 9.47 Å². The summed E-state index contributed by atoms with van der Waals surface area (Å²) in [6.45, 7) is -1.67. The molecule has 9 unspecified atom stereocenters. The lowest BCUT2D eigenvalue weighted by Gasteiger charge is -2.42. The number of aliphatic hydroxyl groups excluding tert-OH is 8. The Bertz CT molecular complexity index is 494. The number of primary amides is 1. The van der Waals surface area contributed by atoms with Gasteiger partial charge in [-0.3, -0.25) is 0 Å². The van der Waals surface area contributed by atoms with Gasteiger partial charge in [0.1, 0.15) is 48.8 Å². The van der Waals surface area contributed by atoms with Crippen LogP contribution in [0.2, 0.25) is 0 Å². The van der Waals surface area contributed by atoms with Gasteiger partial charge in [0.2, 0.25) is 0 Å². The molecule has 11 N–H and O–H groups in total. The zero-order chi connectivity index (χ0) is 20.7. The summed E-state index contributed by atoms with van der Waals surface area (Å²) in [5.74, 6) is 0. The van der Waals surface area contributed by atoms with Crippen LogP contribution in [0.1, 0.15) is 0 Å². The summed E-state index contributed by atoms with van der Waals surface area (Å²) in [7, 11) is 0. The molecule has 0 spiro atoms. The highest BCUT2D eigenvalue weighted by Gasteiger charge is 2.46. The molecule has 0 saturated carbocycles. The standard InChI is InChI=1S/C13H25N3O11/c14-13(25)16-15-1-4(19)7(21)11(5(20)2-17)27-12-10(24)9(23)8(22)6(3-18)26-12/h1,4-12,17-24H,2-3H2,(H3,14,16,25)/b15-1+. The third-order valence-corrected chi connectivity index (χ3v) is 3.79. The summed E-state index contributed by atoms with van der Waals surface area (Å²) in [4.78, 5) is 10.5. The van der Waals surface area contributed by atoms with Gasteiger partial charge >= 0.3 is 6.03 Å². The first-order valence-corrected chi connectivity index (χ1v) is 7.83. The quantitative estimate of drug-likeness (QED) is 0.129. The van der Waals surface area contributed by atoms with E-state index in [1.54, 1.807) is 5.43 Å². The van der Waals surface area contributed by atoms with E-state index in [0.29, 0.717) is 6.21 Å². The molecule has 1 aliphatic heterocycles. The maximum Gasteiger partial charge on any atom is 0.332 e. The predicted octanol–water partition coefficient (Wildman–Crippen LogP) is -6.10. The van der Waals surface area contributed by atoms with Gasteiger partial charge in [0.25, 0.3) is 0 Å². The number of hydrazone groups is 1. The zero-order valence-electron chi connectivity index (χ0n) is 14.0. The Morgan fingerprint density at radius 3 is 2.33 bits per heavy atom. The largest absolute Gasteiger partial charge is 0.394 e. The fraction of sp³-hybridized carbons (Fsp3) is 0.846. The molecule has 0 bridgehead atoms. The molecule has 1 aliphatic rings. The molecule has 0 aromatic rings. The number of rotatable bonds is 9. The average molecular weight is 399 g/mol. The number of hydrogen-bond acceptors (Lipinski definition) is 12.